The predicted octanol–water partition coefficient (Wildman–Crippen LogP) is 1.64. The zero-order chi connectivity index (χ0) is 17.6. The quantitative estimate of drug-likeness (QED) is 0.828. The second-order valence-corrected chi connectivity index (χ2v) is 8.18. The van der Waals surface area contributed by atoms with Crippen LogP contribution in [0.5, 0.6) is 0 Å². The average Bonchev–Trinajstić information content (AvgIpc) is 3.27. The Labute approximate surface area is 147 Å². The minimum absolute atomic E-state index is 0.212. The van der Waals surface area contributed by atoms with Crippen LogP contribution in [0, 0.1) is 6.92 Å². The molecule has 0 spiro atoms. The molecular weight excluding hydrogens is 340 g/mol. The summed E-state index contributed by atoms with van der Waals surface area (Å²) in [7, 11) is -1.66. The van der Waals surface area contributed by atoms with E-state index in [2.05, 4.69) is 14.5 Å². The van der Waals surface area contributed by atoms with E-state index in [4.69, 9.17) is 4.52 Å². The van der Waals surface area contributed by atoms with Gasteiger partial charge >= 0.3 is 0 Å². The molecule has 1 aromatic carbocycles. The summed E-state index contributed by atoms with van der Waals surface area (Å²) in [5, 5.41) is 3.92. The molecule has 1 fully saturated rings. The Morgan fingerprint density at radius 1 is 1.36 bits per heavy atom. The topological polar surface area (TPSA) is 79.0 Å². The highest BCUT2D eigenvalue weighted by molar-refractivity contribution is 7.90. The largest absolute Gasteiger partial charge is 0.360 e. The molecule has 2 aromatic rings. The van der Waals surface area contributed by atoms with E-state index in [1.807, 2.05) is 37.1 Å². The van der Waals surface area contributed by atoms with Crippen LogP contribution in [0.4, 0.5) is 0 Å². The third kappa shape index (κ3) is 2.96. The molecule has 1 aromatic heterocycles. The summed E-state index contributed by atoms with van der Waals surface area (Å²) in [5.74, 6) is 1.39. The van der Waals surface area contributed by atoms with Crippen LogP contribution >= 0.6 is 0 Å². The summed E-state index contributed by atoms with van der Waals surface area (Å²) in [5.41, 5.74) is 1.57. The second kappa shape index (κ2) is 5.96. The summed E-state index contributed by atoms with van der Waals surface area (Å²) in [6.45, 7) is 4.38. The van der Waals surface area contributed by atoms with Gasteiger partial charge in [-0.25, -0.2) is 0 Å². The van der Waals surface area contributed by atoms with Gasteiger partial charge in [-0.05, 0) is 25.5 Å². The van der Waals surface area contributed by atoms with Crippen molar-refractivity contribution in [3.63, 3.8) is 0 Å². The second-order valence-electron chi connectivity index (χ2n) is 6.61. The molecule has 7 nitrogen and oxygen atoms in total. The van der Waals surface area contributed by atoms with E-state index < -0.39 is 10.0 Å². The van der Waals surface area contributed by atoms with Gasteiger partial charge in [0.2, 0.25) is 0 Å². The van der Waals surface area contributed by atoms with E-state index in [1.165, 1.54) is 0 Å². The smallest absolute Gasteiger partial charge is 0.285 e. The lowest BCUT2D eigenvalue weighted by atomic mass is 10.1. The van der Waals surface area contributed by atoms with E-state index in [9.17, 15) is 8.42 Å². The number of rotatable bonds is 3. The molecule has 25 heavy (non-hydrogen) atoms. The Bertz CT molecular complexity index is 935. The van der Waals surface area contributed by atoms with Crippen molar-refractivity contribution in [1.29, 1.82) is 0 Å². The molecule has 0 saturated carbocycles. The zero-order valence-electron chi connectivity index (χ0n) is 14.2. The monoisotopic (exact) mass is 360 g/mol. The Morgan fingerprint density at radius 2 is 2.16 bits per heavy atom. The number of hydrogen-bond donors (Lipinski definition) is 0. The van der Waals surface area contributed by atoms with Crippen LogP contribution in [-0.2, 0) is 16.6 Å². The van der Waals surface area contributed by atoms with Gasteiger partial charge in [0.05, 0.1) is 12.2 Å². The molecule has 1 unspecified atom stereocenters. The van der Waals surface area contributed by atoms with Gasteiger partial charge in [-0.15, -0.1) is 4.40 Å². The molecule has 0 amide bonds. The maximum atomic E-state index is 12.2. The van der Waals surface area contributed by atoms with Crippen LogP contribution in [0.15, 0.2) is 44.1 Å². The SMILES string of the molecule is Cc1cc(CN2CCC(N(C)C3=NS(=O)(=O)c4ccccc43)C2)on1. The van der Waals surface area contributed by atoms with Gasteiger partial charge in [-0.1, -0.05) is 17.3 Å². The lowest BCUT2D eigenvalue weighted by Crippen LogP contribution is -2.38. The summed E-state index contributed by atoms with van der Waals surface area (Å²) in [6.07, 6.45) is 0.949. The predicted molar refractivity (Wildman–Crippen MR) is 92.8 cm³/mol. The number of likely N-dealkylation sites (N-methyl/N-ethyl adjacent to an activating group) is 1. The average molecular weight is 360 g/mol. The molecule has 2 aliphatic heterocycles. The first-order valence-corrected chi connectivity index (χ1v) is 9.70. The van der Waals surface area contributed by atoms with Gasteiger partial charge in [0, 0.05) is 37.8 Å². The number of likely N-dealkylation sites (tertiary alicyclic amines) is 1. The molecule has 1 atom stereocenters. The summed E-state index contributed by atoms with van der Waals surface area (Å²) in [4.78, 5) is 4.58. The Hall–Kier alpha value is -2.19. The number of aromatic nitrogens is 1. The molecule has 0 N–H and O–H groups in total. The zero-order valence-corrected chi connectivity index (χ0v) is 15.0. The fourth-order valence-corrected chi connectivity index (χ4v) is 4.74. The van der Waals surface area contributed by atoms with E-state index >= 15 is 0 Å². The maximum Gasteiger partial charge on any atom is 0.285 e. The van der Waals surface area contributed by atoms with Gasteiger partial charge in [-0.3, -0.25) is 4.90 Å². The minimum atomic E-state index is -3.58. The van der Waals surface area contributed by atoms with Crippen molar-refractivity contribution in [1.82, 2.24) is 15.0 Å². The number of nitrogens with zero attached hydrogens (tertiary/aromatic N) is 4. The van der Waals surface area contributed by atoms with Crippen LogP contribution in [0.2, 0.25) is 0 Å². The molecular formula is C17H20N4O3S. The summed E-state index contributed by atoms with van der Waals surface area (Å²) < 4.78 is 33.8. The summed E-state index contributed by atoms with van der Waals surface area (Å²) >= 11 is 0. The third-order valence-corrected chi connectivity index (χ3v) is 6.12. The lowest BCUT2D eigenvalue weighted by Gasteiger charge is -2.26. The Balaban J connectivity index is 1.50. The number of fused-ring (bicyclic) bond motifs is 1. The molecule has 0 radical (unpaired) electrons. The lowest BCUT2D eigenvalue weighted by molar-refractivity contribution is 0.257. The molecule has 2 aliphatic rings. The number of aryl methyl sites for hydroxylation is 1. The third-order valence-electron chi connectivity index (χ3n) is 4.80. The standard InChI is InChI=1S/C17H20N4O3S/c1-12-9-14(24-18-12)11-21-8-7-13(10-21)20(2)17-15-5-3-4-6-16(15)25(22,23)19-17/h3-6,9,13H,7-8,10-11H2,1-2H3. The molecule has 4 rings (SSSR count). The highest BCUT2D eigenvalue weighted by Crippen LogP contribution is 2.29. The van der Waals surface area contributed by atoms with Crippen LogP contribution in [0.3, 0.4) is 0 Å². The summed E-state index contributed by atoms with van der Waals surface area (Å²) in [6, 6.07) is 9.16. The molecule has 0 aliphatic carbocycles. The van der Waals surface area contributed by atoms with Gasteiger partial charge in [0.1, 0.15) is 4.90 Å². The van der Waals surface area contributed by atoms with Gasteiger partial charge in [0.25, 0.3) is 10.0 Å². The van der Waals surface area contributed by atoms with Crippen molar-refractivity contribution >= 4 is 15.9 Å². The normalized spacial score (nSPS) is 22.0. The van der Waals surface area contributed by atoms with E-state index in [1.54, 1.807) is 12.1 Å². The van der Waals surface area contributed by atoms with Gasteiger partial charge < -0.3 is 9.42 Å². The van der Waals surface area contributed by atoms with Crippen molar-refractivity contribution < 1.29 is 12.9 Å². The van der Waals surface area contributed by atoms with Crippen molar-refractivity contribution in [2.75, 3.05) is 20.1 Å². The van der Waals surface area contributed by atoms with Crippen LogP contribution in [-0.4, -0.2) is 55.4 Å². The highest BCUT2D eigenvalue weighted by Gasteiger charge is 2.35. The Morgan fingerprint density at radius 3 is 2.92 bits per heavy atom. The van der Waals surface area contributed by atoms with Crippen molar-refractivity contribution in [2.24, 2.45) is 4.40 Å². The van der Waals surface area contributed by atoms with E-state index in [0.717, 1.165) is 31.0 Å². The minimum Gasteiger partial charge on any atom is -0.360 e. The number of benzene rings is 1. The molecule has 132 valence electrons. The molecule has 0 bridgehead atoms. The van der Waals surface area contributed by atoms with Crippen molar-refractivity contribution in [3.8, 4) is 0 Å². The first-order chi connectivity index (χ1) is 11.9. The van der Waals surface area contributed by atoms with Crippen LogP contribution in [0.1, 0.15) is 23.4 Å². The van der Waals surface area contributed by atoms with Crippen molar-refractivity contribution in [2.45, 2.75) is 30.8 Å². The number of hydrogen-bond acceptors (Lipinski definition) is 6. The van der Waals surface area contributed by atoms with Gasteiger partial charge in [0.15, 0.2) is 11.6 Å². The number of amidine groups is 1. The first-order valence-electron chi connectivity index (χ1n) is 8.26. The number of sulfonamides is 1. The highest BCUT2D eigenvalue weighted by atomic mass is 32.2. The van der Waals surface area contributed by atoms with Crippen LogP contribution in [0.25, 0.3) is 0 Å². The maximum absolute atomic E-state index is 12.2. The molecule has 1 saturated heterocycles. The molecule has 8 heteroatoms. The fourth-order valence-electron chi connectivity index (χ4n) is 3.50. The van der Waals surface area contributed by atoms with E-state index in [-0.39, 0.29) is 6.04 Å². The van der Waals surface area contributed by atoms with Crippen molar-refractivity contribution in [3.05, 3.63) is 47.3 Å². The Kier molecular flexibility index (Phi) is 3.88. The van der Waals surface area contributed by atoms with Crippen LogP contribution < -0.4 is 0 Å². The van der Waals surface area contributed by atoms with E-state index in [0.29, 0.717) is 22.8 Å². The molecule has 3 heterocycles. The van der Waals surface area contributed by atoms with Gasteiger partial charge in [-0.2, -0.15) is 8.42 Å². The fraction of sp³-hybridized carbons (Fsp3) is 0.412. The first kappa shape index (κ1) is 16.3.